The van der Waals surface area contributed by atoms with Crippen LogP contribution in [-0.4, -0.2) is 29.7 Å². The van der Waals surface area contributed by atoms with Gasteiger partial charge in [0, 0.05) is 24.0 Å². The van der Waals surface area contributed by atoms with Crippen LogP contribution >= 0.6 is 11.3 Å². The van der Waals surface area contributed by atoms with Crippen LogP contribution in [0.25, 0.3) is 0 Å². The van der Waals surface area contributed by atoms with Crippen molar-refractivity contribution in [3.63, 3.8) is 0 Å². The number of anilines is 1. The maximum atomic E-state index is 12.3. The van der Waals surface area contributed by atoms with Crippen LogP contribution in [0.3, 0.4) is 0 Å². The molecule has 0 fully saturated rings. The minimum Gasteiger partial charge on any atom is -0.384 e. The Balaban J connectivity index is 1.88. The largest absolute Gasteiger partial charge is 0.384 e. The lowest BCUT2D eigenvalue weighted by Crippen LogP contribution is -2.28. The zero-order chi connectivity index (χ0) is 17.1. The van der Waals surface area contributed by atoms with E-state index in [0.717, 1.165) is 35.8 Å². The van der Waals surface area contributed by atoms with E-state index in [1.54, 1.807) is 50.4 Å². The van der Waals surface area contributed by atoms with Gasteiger partial charge in [0.05, 0.1) is 21.6 Å². The molecule has 23 heavy (non-hydrogen) atoms. The van der Waals surface area contributed by atoms with E-state index in [1.165, 1.54) is 0 Å². The first kappa shape index (κ1) is 17.9. The van der Waals surface area contributed by atoms with Crippen molar-refractivity contribution in [2.24, 2.45) is 0 Å². The summed E-state index contributed by atoms with van der Waals surface area (Å²) in [6, 6.07) is 3.33. The van der Waals surface area contributed by atoms with E-state index in [-0.39, 0.29) is 5.03 Å². The lowest BCUT2D eigenvalue weighted by molar-refractivity contribution is 0.556. The Morgan fingerprint density at radius 2 is 2.00 bits per heavy atom. The Morgan fingerprint density at radius 1 is 1.26 bits per heavy atom. The molecule has 0 amide bonds. The normalized spacial score (nSPS) is 12.3. The Hall–Kier alpha value is -1.47. The molecule has 5 nitrogen and oxygen atoms in total. The molecule has 0 saturated heterocycles. The standard InChI is InChI=1S/C16H23N3O2S2/c1-12-11-22-14(19-12)6-5-9-17-13-7-8-15(18-10-13)23(20,21)16(2,3)4/h7-8,10-11,17H,5-6,9H2,1-4H3. The van der Waals surface area contributed by atoms with Gasteiger partial charge in [-0.05, 0) is 46.2 Å². The van der Waals surface area contributed by atoms with Crippen molar-refractivity contribution in [2.45, 2.75) is 50.3 Å². The van der Waals surface area contributed by atoms with Gasteiger partial charge in [-0.2, -0.15) is 0 Å². The third kappa shape index (κ3) is 4.51. The fourth-order valence-corrected chi connectivity index (χ4v) is 3.83. The van der Waals surface area contributed by atoms with Crippen LogP contribution in [0.15, 0.2) is 28.7 Å². The molecule has 2 aromatic rings. The monoisotopic (exact) mass is 353 g/mol. The summed E-state index contributed by atoms with van der Waals surface area (Å²) in [7, 11) is -3.40. The van der Waals surface area contributed by atoms with Crippen molar-refractivity contribution in [3.05, 3.63) is 34.4 Å². The minimum absolute atomic E-state index is 0.119. The van der Waals surface area contributed by atoms with Gasteiger partial charge in [0.25, 0.3) is 0 Å². The van der Waals surface area contributed by atoms with Crippen LogP contribution in [0.5, 0.6) is 0 Å². The van der Waals surface area contributed by atoms with Gasteiger partial charge in [-0.15, -0.1) is 11.3 Å². The molecule has 0 spiro atoms. The first-order chi connectivity index (χ1) is 10.7. The summed E-state index contributed by atoms with van der Waals surface area (Å²) in [4.78, 5) is 8.52. The highest BCUT2D eigenvalue weighted by molar-refractivity contribution is 7.92. The smallest absolute Gasteiger partial charge is 0.200 e. The number of rotatable bonds is 6. The van der Waals surface area contributed by atoms with Gasteiger partial charge in [0.2, 0.25) is 0 Å². The summed E-state index contributed by atoms with van der Waals surface area (Å²) in [5, 5.41) is 6.58. The molecule has 0 aliphatic rings. The molecule has 126 valence electrons. The fourth-order valence-electron chi connectivity index (χ4n) is 1.95. The van der Waals surface area contributed by atoms with Gasteiger partial charge >= 0.3 is 0 Å². The number of thiazole rings is 1. The predicted molar refractivity (Wildman–Crippen MR) is 94.8 cm³/mol. The quantitative estimate of drug-likeness (QED) is 0.805. The number of pyridine rings is 1. The van der Waals surface area contributed by atoms with Crippen molar-refractivity contribution in [3.8, 4) is 0 Å². The second kappa shape index (κ2) is 6.97. The number of nitrogens with zero attached hydrogens (tertiary/aromatic N) is 2. The highest BCUT2D eigenvalue weighted by Crippen LogP contribution is 2.23. The number of hydrogen-bond donors (Lipinski definition) is 1. The van der Waals surface area contributed by atoms with Crippen molar-refractivity contribution in [1.82, 2.24) is 9.97 Å². The molecular formula is C16H23N3O2S2. The lowest BCUT2D eigenvalue weighted by Gasteiger charge is -2.18. The van der Waals surface area contributed by atoms with E-state index in [2.05, 4.69) is 20.7 Å². The molecule has 0 atom stereocenters. The van der Waals surface area contributed by atoms with Crippen LogP contribution in [0.2, 0.25) is 0 Å². The summed E-state index contributed by atoms with van der Waals surface area (Å²) in [5.41, 5.74) is 1.89. The molecule has 0 aromatic carbocycles. The molecule has 2 heterocycles. The fraction of sp³-hybridized carbons (Fsp3) is 0.500. The summed E-state index contributed by atoms with van der Waals surface area (Å²) in [6.45, 7) is 7.83. The average Bonchev–Trinajstić information content (AvgIpc) is 2.88. The van der Waals surface area contributed by atoms with E-state index in [4.69, 9.17) is 0 Å². The second-order valence-corrected chi connectivity index (χ2v) is 10.0. The Morgan fingerprint density at radius 3 is 2.52 bits per heavy atom. The molecular weight excluding hydrogens is 330 g/mol. The predicted octanol–water partition coefficient (Wildman–Crippen LogP) is 3.46. The van der Waals surface area contributed by atoms with Crippen LogP contribution in [-0.2, 0) is 16.3 Å². The zero-order valence-electron chi connectivity index (χ0n) is 14.0. The Kier molecular flexibility index (Phi) is 5.41. The van der Waals surface area contributed by atoms with E-state index >= 15 is 0 Å². The Labute approximate surface area is 142 Å². The van der Waals surface area contributed by atoms with Gasteiger partial charge < -0.3 is 5.32 Å². The number of sulfone groups is 1. The first-order valence-corrected chi connectivity index (χ1v) is 9.92. The van der Waals surface area contributed by atoms with Crippen molar-refractivity contribution in [2.75, 3.05) is 11.9 Å². The molecule has 0 saturated carbocycles. The van der Waals surface area contributed by atoms with Gasteiger partial charge in [0.1, 0.15) is 0 Å². The van der Waals surface area contributed by atoms with Gasteiger partial charge in [0.15, 0.2) is 14.9 Å². The summed E-state index contributed by atoms with van der Waals surface area (Å²) < 4.78 is 23.7. The maximum absolute atomic E-state index is 12.3. The minimum atomic E-state index is -3.40. The van der Waals surface area contributed by atoms with Crippen LogP contribution in [0, 0.1) is 6.92 Å². The molecule has 0 bridgehead atoms. The van der Waals surface area contributed by atoms with Crippen molar-refractivity contribution >= 4 is 26.9 Å². The van der Waals surface area contributed by atoms with Crippen molar-refractivity contribution in [1.29, 1.82) is 0 Å². The van der Waals surface area contributed by atoms with Gasteiger partial charge in [-0.1, -0.05) is 0 Å². The molecule has 0 radical (unpaired) electrons. The van der Waals surface area contributed by atoms with E-state index < -0.39 is 14.6 Å². The topological polar surface area (TPSA) is 72.0 Å². The summed E-state index contributed by atoms with van der Waals surface area (Å²) in [6.07, 6.45) is 3.48. The van der Waals surface area contributed by atoms with E-state index in [1.807, 2.05) is 6.92 Å². The van der Waals surface area contributed by atoms with Gasteiger partial charge in [-0.25, -0.2) is 18.4 Å². The highest BCUT2D eigenvalue weighted by atomic mass is 32.2. The number of aryl methyl sites for hydroxylation is 2. The molecule has 2 rings (SSSR count). The molecule has 7 heteroatoms. The average molecular weight is 354 g/mol. The number of hydrogen-bond acceptors (Lipinski definition) is 6. The number of aromatic nitrogens is 2. The first-order valence-electron chi connectivity index (χ1n) is 7.56. The number of nitrogens with one attached hydrogen (secondary N) is 1. The van der Waals surface area contributed by atoms with E-state index in [9.17, 15) is 8.42 Å². The van der Waals surface area contributed by atoms with Crippen LogP contribution in [0.4, 0.5) is 5.69 Å². The molecule has 0 aliphatic heterocycles. The molecule has 0 unspecified atom stereocenters. The summed E-state index contributed by atoms with van der Waals surface area (Å²) in [5.74, 6) is 0. The highest BCUT2D eigenvalue weighted by Gasteiger charge is 2.31. The lowest BCUT2D eigenvalue weighted by atomic mass is 10.3. The van der Waals surface area contributed by atoms with Crippen molar-refractivity contribution < 1.29 is 8.42 Å². The maximum Gasteiger partial charge on any atom is 0.200 e. The summed E-state index contributed by atoms with van der Waals surface area (Å²) >= 11 is 1.68. The Bertz CT molecular complexity index is 744. The third-order valence-corrected chi connectivity index (χ3v) is 6.81. The van der Waals surface area contributed by atoms with Gasteiger partial charge in [-0.3, -0.25) is 0 Å². The second-order valence-electron chi connectivity index (χ2n) is 6.41. The van der Waals surface area contributed by atoms with Crippen LogP contribution in [0.1, 0.15) is 37.9 Å². The molecule has 1 N–H and O–H groups in total. The third-order valence-electron chi connectivity index (χ3n) is 3.38. The zero-order valence-corrected chi connectivity index (χ0v) is 15.6. The van der Waals surface area contributed by atoms with Crippen LogP contribution < -0.4 is 5.32 Å². The molecule has 0 aliphatic carbocycles. The van der Waals surface area contributed by atoms with E-state index in [0.29, 0.717) is 0 Å². The SMILES string of the molecule is Cc1csc(CCCNc2ccc(S(=O)(=O)C(C)(C)C)nc2)n1. The molecule has 2 aromatic heterocycles.